The maximum atomic E-state index is 13.7. The summed E-state index contributed by atoms with van der Waals surface area (Å²) in [6.07, 6.45) is 1.70. The number of benzene rings is 1. The number of pyridine rings is 1. The molecule has 24 heavy (non-hydrogen) atoms. The Morgan fingerprint density at radius 2 is 2.00 bits per heavy atom. The molecule has 5 nitrogen and oxygen atoms in total. The van der Waals surface area contributed by atoms with Crippen LogP contribution in [0.4, 0.5) is 15.8 Å². The minimum atomic E-state index is -0.263. The van der Waals surface area contributed by atoms with Crippen LogP contribution in [-0.4, -0.2) is 29.5 Å². The number of fused-ring (bicyclic) bond motifs is 2. The lowest BCUT2D eigenvalue weighted by Crippen LogP contribution is -2.39. The van der Waals surface area contributed by atoms with Crippen LogP contribution in [0.3, 0.4) is 0 Å². The van der Waals surface area contributed by atoms with E-state index < -0.39 is 0 Å². The predicted octanol–water partition coefficient (Wildman–Crippen LogP) is 2.29. The number of nitrogens with zero attached hydrogens (tertiary/aromatic N) is 4. The molecule has 6 heteroatoms. The normalized spacial score (nSPS) is 14.1. The third kappa shape index (κ3) is 2.50. The van der Waals surface area contributed by atoms with Gasteiger partial charge < -0.3 is 9.80 Å². The van der Waals surface area contributed by atoms with E-state index in [-0.39, 0.29) is 11.4 Å². The van der Waals surface area contributed by atoms with Crippen molar-refractivity contribution in [3.8, 4) is 0 Å². The van der Waals surface area contributed by atoms with Crippen molar-refractivity contribution in [3.63, 3.8) is 0 Å². The monoisotopic (exact) mass is 324 g/mol. The standard InChI is InChI=1S/C18H17FN4O/c1-21-8-9-22(16-10-13(19)5-6-15(16)21)12-14-11-18(24)23-7-3-2-4-17(23)20-14/h2-7,10-11H,8-9,12H2,1H3. The highest BCUT2D eigenvalue weighted by atomic mass is 19.1. The van der Waals surface area contributed by atoms with Crippen LogP contribution >= 0.6 is 0 Å². The maximum Gasteiger partial charge on any atom is 0.258 e. The second kappa shape index (κ2) is 5.63. The lowest BCUT2D eigenvalue weighted by Gasteiger charge is -2.36. The molecular weight excluding hydrogens is 307 g/mol. The molecule has 1 aliphatic rings. The Hall–Kier alpha value is -2.89. The van der Waals surface area contributed by atoms with E-state index in [0.29, 0.717) is 17.9 Å². The summed E-state index contributed by atoms with van der Waals surface area (Å²) in [5.41, 5.74) is 3.02. The summed E-state index contributed by atoms with van der Waals surface area (Å²) in [6, 6.07) is 11.8. The van der Waals surface area contributed by atoms with Crippen LogP contribution in [0.25, 0.3) is 5.65 Å². The van der Waals surface area contributed by atoms with E-state index in [1.54, 1.807) is 30.5 Å². The van der Waals surface area contributed by atoms with E-state index in [1.165, 1.54) is 10.5 Å². The number of anilines is 2. The van der Waals surface area contributed by atoms with Gasteiger partial charge in [0, 0.05) is 32.4 Å². The lowest BCUT2D eigenvalue weighted by molar-refractivity contribution is 0.623. The van der Waals surface area contributed by atoms with Crippen molar-refractivity contribution in [2.75, 3.05) is 29.9 Å². The molecule has 0 atom stereocenters. The van der Waals surface area contributed by atoms with Crippen LogP contribution in [-0.2, 0) is 6.54 Å². The largest absolute Gasteiger partial charge is 0.371 e. The first-order chi connectivity index (χ1) is 11.6. The summed E-state index contributed by atoms with van der Waals surface area (Å²) < 4.78 is 15.2. The van der Waals surface area contributed by atoms with Crippen molar-refractivity contribution in [3.05, 3.63) is 70.5 Å². The van der Waals surface area contributed by atoms with Crippen LogP contribution < -0.4 is 15.4 Å². The van der Waals surface area contributed by atoms with Gasteiger partial charge >= 0.3 is 0 Å². The summed E-state index contributed by atoms with van der Waals surface area (Å²) in [5, 5.41) is 0. The van der Waals surface area contributed by atoms with Crippen LogP contribution in [0.15, 0.2) is 53.5 Å². The third-order valence-electron chi connectivity index (χ3n) is 4.37. The molecule has 1 aliphatic heterocycles. The Morgan fingerprint density at radius 3 is 2.88 bits per heavy atom. The quantitative estimate of drug-likeness (QED) is 0.725. The van der Waals surface area contributed by atoms with Crippen molar-refractivity contribution in [2.24, 2.45) is 0 Å². The molecule has 0 amide bonds. The Bertz CT molecular complexity index is 969. The molecule has 3 aromatic rings. The Labute approximate surface area is 138 Å². The van der Waals surface area contributed by atoms with E-state index in [9.17, 15) is 9.18 Å². The second-order valence-corrected chi connectivity index (χ2v) is 5.99. The molecular formula is C18H17FN4O. The highest BCUT2D eigenvalue weighted by Crippen LogP contribution is 2.33. The van der Waals surface area contributed by atoms with E-state index in [2.05, 4.69) is 14.8 Å². The van der Waals surface area contributed by atoms with Crippen LogP contribution in [0, 0.1) is 5.82 Å². The van der Waals surface area contributed by atoms with Crippen molar-refractivity contribution in [2.45, 2.75) is 6.54 Å². The fraction of sp³-hybridized carbons (Fsp3) is 0.222. The molecule has 4 rings (SSSR count). The average Bonchev–Trinajstić information content (AvgIpc) is 2.57. The molecule has 0 fully saturated rings. The number of likely N-dealkylation sites (N-methyl/N-ethyl adjacent to an activating group) is 1. The van der Waals surface area contributed by atoms with E-state index >= 15 is 0 Å². The molecule has 2 aromatic heterocycles. The summed E-state index contributed by atoms with van der Waals surface area (Å²) in [7, 11) is 1.99. The van der Waals surface area contributed by atoms with Gasteiger partial charge in [-0.1, -0.05) is 6.07 Å². The molecule has 3 heterocycles. The molecule has 0 aliphatic carbocycles. The zero-order valence-electron chi connectivity index (χ0n) is 13.3. The van der Waals surface area contributed by atoms with Crippen LogP contribution in [0.2, 0.25) is 0 Å². The minimum Gasteiger partial charge on any atom is -0.371 e. The van der Waals surface area contributed by atoms with Gasteiger partial charge in [0.15, 0.2) is 0 Å². The van der Waals surface area contributed by atoms with E-state index in [4.69, 9.17) is 0 Å². The average molecular weight is 324 g/mol. The molecule has 0 spiro atoms. The molecule has 0 radical (unpaired) electrons. The Kier molecular flexibility index (Phi) is 3.45. The molecule has 0 bridgehead atoms. The van der Waals surface area contributed by atoms with Gasteiger partial charge in [-0.2, -0.15) is 0 Å². The fourth-order valence-corrected chi connectivity index (χ4v) is 3.13. The van der Waals surface area contributed by atoms with Gasteiger partial charge in [-0.05, 0) is 30.3 Å². The molecule has 0 saturated carbocycles. The summed E-state index contributed by atoms with van der Waals surface area (Å²) in [4.78, 5) is 21.0. The van der Waals surface area contributed by atoms with Gasteiger partial charge in [-0.3, -0.25) is 9.20 Å². The lowest BCUT2D eigenvalue weighted by atomic mass is 10.1. The highest BCUT2D eigenvalue weighted by Gasteiger charge is 2.21. The molecule has 0 N–H and O–H groups in total. The van der Waals surface area contributed by atoms with Crippen LogP contribution in [0.5, 0.6) is 0 Å². The molecule has 0 unspecified atom stereocenters. The number of halogens is 1. The van der Waals surface area contributed by atoms with Gasteiger partial charge in [-0.15, -0.1) is 0 Å². The van der Waals surface area contributed by atoms with Gasteiger partial charge in [0.05, 0.1) is 23.6 Å². The SMILES string of the molecule is CN1CCN(Cc2cc(=O)n3ccccc3n2)c2cc(F)ccc21. The van der Waals surface area contributed by atoms with Crippen LogP contribution in [0.1, 0.15) is 5.69 Å². The Balaban J connectivity index is 1.73. The first-order valence-corrected chi connectivity index (χ1v) is 7.85. The highest BCUT2D eigenvalue weighted by molar-refractivity contribution is 5.73. The number of aromatic nitrogens is 2. The summed E-state index contributed by atoms with van der Waals surface area (Å²) in [6.45, 7) is 2.07. The topological polar surface area (TPSA) is 40.9 Å². The predicted molar refractivity (Wildman–Crippen MR) is 92.2 cm³/mol. The van der Waals surface area contributed by atoms with Crippen molar-refractivity contribution in [1.82, 2.24) is 9.38 Å². The van der Waals surface area contributed by atoms with E-state index in [1.807, 2.05) is 19.2 Å². The smallest absolute Gasteiger partial charge is 0.258 e. The molecule has 0 saturated heterocycles. The zero-order chi connectivity index (χ0) is 16.7. The first kappa shape index (κ1) is 14.7. The van der Waals surface area contributed by atoms with Crippen molar-refractivity contribution >= 4 is 17.0 Å². The number of hydrogen-bond donors (Lipinski definition) is 0. The fourth-order valence-electron chi connectivity index (χ4n) is 3.13. The molecule has 1 aromatic carbocycles. The second-order valence-electron chi connectivity index (χ2n) is 5.99. The number of rotatable bonds is 2. The Morgan fingerprint density at radius 1 is 1.12 bits per heavy atom. The van der Waals surface area contributed by atoms with Gasteiger partial charge in [0.25, 0.3) is 5.56 Å². The summed E-state index contributed by atoms with van der Waals surface area (Å²) in [5.74, 6) is -0.263. The first-order valence-electron chi connectivity index (χ1n) is 7.85. The van der Waals surface area contributed by atoms with Gasteiger partial charge in [-0.25, -0.2) is 9.37 Å². The van der Waals surface area contributed by atoms with Gasteiger partial charge in [0.2, 0.25) is 0 Å². The minimum absolute atomic E-state index is 0.107. The summed E-state index contributed by atoms with van der Waals surface area (Å²) >= 11 is 0. The van der Waals surface area contributed by atoms with Gasteiger partial charge in [0.1, 0.15) is 11.5 Å². The number of hydrogen-bond acceptors (Lipinski definition) is 4. The maximum absolute atomic E-state index is 13.7. The third-order valence-corrected chi connectivity index (χ3v) is 4.37. The zero-order valence-corrected chi connectivity index (χ0v) is 13.3. The van der Waals surface area contributed by atoms with E-state index in [0.717, 1.165) is 24.5 Å². The van der Waals surface area contributed by atoms with Crippen molar-refractivity contribution in [1.29, 1.82) is 0 Å². The van der Waals surface area contributed by atoms with Crippen molar-refractivity contribution < 1.29 is 4.39 Å². The molecule has 122 valence electrons.